The van der Waals surface area contributed by atoms with Crippen LogP contribution in [0.4, 0.5) is 0 Å². The Bertz CT molecular complexity index is 726. The Morgan fingerprint density at radius 2 is 2.14 bits per heavy atom. The number of nitrogens with zero attached hydrogens (tertiary/aromatic N) is 6. The minimum Gasteiger partial charge on any atom is -0.300 e. The molecule has 0 aliphatic carbocycles. The highest BCUT2D eigenvalue weighted by atomic mass is 16.1. The molecule has 0 spiro atoms. The van der Waals surface area contributed by atoms with E-state index in [1.165, 1.54) is 23.4 Å². The van der Waals surface area contributed by atoms with Gasteiger partial charge in [0.05, 0.1) is 18.2 Å². The summed E-state index contributed by atoms with van der Waals surface area (Å²) in [6.45, 7) is 3.94. The van der Waals surface area contributed by atoms with Gasteiger partial charge in [-0.25, -0.2) is 15.0 Å². The lowest BCUT2D eigenvalue weighted by molar-refractivity contribution is 0.105. The molecule has 1 N–H and O–H groups in total. The van der Waals surface area contributed by atoms with Crippen molar-refractivity contribution in [3.8, 4) is 11.9 Å². The molecule has 0 aliphatic heterocycles. The van der Waals surface area contributed by atoms with E-state index in [4.69, 9.17) is 10.7 Å². The maximum absolute atomic E-state index is 12.0. The monoisotopic (exact) mass is 283 g/mol. The van der Waals surface area contributed by atoms with Gasteiger partial charge in [-0.3, -0.25) is 4.79 Å². The van der Waals surface area contributed by atoms with E-state index in [-0.39, 0.29) is 23.7 Å². The zero-order valence-corrected chi connectivity index (χ0v) is 11.6. The Labute approximate surface area is 121 Å². The van der Waals surface area contributed by atoms with E-state index in [1.807, 2.05) is 13.8 Å². The molecule has 0 atom stereocenters. The average Bonchev–Trinajstić information content (AvgIpc) is 2.96. The molecule has 106 valence electrons. The highest BCUT2D eigenvalue weighted by molar-refractivity contribution is 6.44. The number of nitriles is 1. The van der Waals surface area contributed by atoms with Gasteiger partial charge in [-0.2, -0.15) is 15.0 Å². The molecule has 21 heavy (non-hydrogen) atoms. The van der Waals surface area contributed by atoms with Crippen LogP contribution in [0, 0.1) is 16.7 Å². The van der Waals surface area contributed by atoms with Crippen molar-refractivity contribution in [3.63, 3.8) is 0 Å². The highest BCUT2D eigenvalue weighted by Gasteiger charge is 2.17. The summed E-state index contributed by atoms with van der Waals surface area (Å²) >= 11 is 0. The second-order valence-electron chi connectivity index (χ2n) is 4.59. The zero-order chi connectivity index (χ0) is 15.4. The maximum atomic E-state index is 12.0. The van der Waals surface area contributed by atoms with Crippen LogP contribution in [0.3, 0.4) is 0 Å². The largest absolute Gasteiger partial charge is 0.300 e. The lowest BCUT2D eigenvalue weighted by Gasteiger charge is -2.08. The molecule has 0 radical (unpaired) electrons. The number of carbonyl (C=O) groups excluding carboxylic acids is 1. The van der Waals surface area contributed by atoms with Crippen molar-refractivity contribution < 1.29 is 4.79 Å². The van der Waals surface area contributed by atoms with Gasteiger partial charge in [-0.15, -0.1) is 0 Å². The Balaban J connectivity index is 2.39. The number of hydrogen-bond donors (Lipinski definition) is 1. The molecule has 2 aromatic heterocycles. The molecule has 0 saturated heterocycles. The van der Waals surface area contributed by atoms with Crippen molar-refractivity contribution in [2.45, 2.75) is 26.2 Å². The van der Waals surface area contributed by atoms with E-state index in [2.05, 4.69) is 20.1 Å². The fourth-order valence-corrected chi connectivity index (χ4v) is 1.72. The number of rotatable bonds is 5. The summed E-state index contributed by atoms with van der Waals surface area (Å²) in [5, 5.41) is 20.1. The van der Waals surface area contributed by atoms with Crippen LogP contribution in [0.25, 0.3) is 5.82 Å². The predicted octanol–water partition coefficient (Wildman–Crippen LogP) is 1.30. The van der Waals surface area contributed by atoms with Crippen molar-refractivity contribution in [2.75, 3.05) is 0 Å². The predicted molar refractivity (Wildman–Crippen MR) is 73.3 cm³/mol. The summed E-state index contributed by atoms with van der Waals surface area (Å²) in [6.07, 6.45) is 2.39. The molecule has 2 heterocycles. The number of nitrogens with one attached hydrogen (secondary N) is 1. The molecule has 8 nitrogen and oxygen atoms in total. The Morgan fingerprint density at radius 3 is 2.81 bits per heavy atom. The Kier molecular flexibility index (Phi) is 4.13. The second kappa shape index (κ2) is 6.00. The van der Waals surface area contributed by atoms with E-state index in [1.54, 1.807) is 6.07 Å². The van der Waals surface area contributed by atoms with Crippen molar-refractivity contribution in [2.24, 2.45) is 0 Å². The van der Waals surface area contributed by atoms with Crippen LogP contribution in [-0.4, -0.2) is 36.2 Å². The number of ketones is 1. The number of Topliss-reactive ketones (excluding diaryl/α,β-unsaturated/α-hetero) is 1. The smallest absolute Gasteiger partial charge is 0.226 e. The lowest BCUT2D eigenvalue weighted by atomic mass is 10.1. The normalized spacial score (nSPS) is 10.4. The molecule has 0 fully saturated rings. The minimum absolute atomic E-state index is 0.0606. The molecule has 8 heteroatoms. The highest BCUT2D eigenvalue weighted by Crippen LogP contribution is 2.14. The second-order valence-corrected chi connectivity index (χ2v) is 4.59. The SMILES string of the molecule is CC(C)c1ncnn1-c1cc(C(=O)C(=N)CC#N)ncn1. The first-order chi connectivity index (χ1) is 10.0. The van der Waals surface area contributed by atoms with Crippen molar-refractivity contribution in [3.05, 3.63) is 30.2 Å². The lowest BCUT2D eigenvalue weighted by Crippen LogP contribution is -2.16. The molecule has 0 unspecified atom stereocenters. The summed E-state index contributed by atoms with van der Waals surface area (Å²) < 4.78 is 1.52. The van der Waals surface area contributed by atoms with Gasteiger partial charge in [0, 0.05) is 12.0 Å². The third kappa shape index (κ3) is 2.97. The quantitative estimate of drug-likeness (QED) is 0.652. The van der Waals surface area contributed by atoms with Crippen molar-refractivity contribution in [1.82, 2.24) is 24.7 Å². The van der Waals surface area contributed by atoms with Crippen LogP contribution in [0.1, 0.15) is 42.5 Å². The first kappa shape index (κ1) is 14.5. The molecule has 2 aromatic rings. The fourth-order valence-electron chi connectivity index (χ4n) is 1.72. The van der Waals surface area contributed by atoms with Crippen LogP contribution in [0.15, 0.2) is 18.7 Å². The van der Waals surface area contributed by atoms with Gasteiger partial charge in [0.1, 0.15) is 24.2 Å². The number of carbonyl (C=O) groups is 1. The van der Waals surface area contributed by atoms with E-state index in [9.17, 15) is 4.79 Å². The molecule has 0 amide bonds. The van der Waals surface area contributed by atoms with E-state index < -0.39 is 5.78 Å². The standard InChI is InChI=1S/C13H13N7O/c1-8(2)13-18-7-19-20(13)11-5-10(16-6-17-11)12(21)9(15)3-4-14/h5-8,15H,3H2,1-2H3. The van der Waals surface area contributed by atoms with Gasteiger partial charge in [0.15, 0.2) is 5.82 Å². The molecule has 0 aliphatic rings. The number of aromatic nitrogens is 5. The van der Waals surface area contributed by atoms with E-state index in [0.717, 1.165) is 0 Å². The number of hydrogen-bond acceptors (Lipinski definition) is 7. The van der Waals surface area contributed by atoms with Crippen molar-refractivity contribution >= 4 is 11.5 Å². The topological polar surface area (TPSA) is 121 Å². The van der Waals surface area contributed by atoms with Gasteiger partial charge < -0.3 is 5.41 Å². The molecular formula is C13H13N7O. The summed E-state index contributed by atoms with van der Waals surface area (Å²) in [4.78, 5) is 24.0. The van der Waals surface area contributed by atoms with Crippen LogP contribution >= 0.6 is 0 Å². The molecule has 0 saturated carbocycles. The Morgan fingerprint density at radius 1 is 1.38 bits per heavy atom. The summed E-state index contributed by atoms with van der Waals surface area (Å²) in [7, 11) is 0. The summed E-state index contributed by atoms with van der Waals surface area (Å²) in [5.41, 5.74) is -0.240. The van der Waals surface area contributed by atoms with Crippen LogP contribution in [0.2, 0.25) is 0 Å². The van der Waals surface area contributed by atoms with E-state index in [0.29, 0.717) is 11.6 Å². The minimum atomic E-state index is -0.591. The van der Waals surface area contributed by atoms with Gasteiger partial charge in [-0.1, -0.05) is 13.8 Å². The van der Waals surface area contributed by atoms with Crippen LogP contribution in [-0.2, 0) is 0 Å². The van der Waals surface area contributed by atoms with Gasteiger partial charge in [0.25, 0.3) is 0 Å². The van der Waals surface area contributed by atoms with Crippen LogP contribution in [0.5, 0.6) is 0 Å². The molecule has 0 aromatic carbocycles. The summed E-state index contributed by atoms with van der Waals surface area (Å²) in [6, 6.07) is 3.21. The van der Waals surface area contributed by atoms with Gasteiger partial charge >= 0.3 is 0 Å². The first-order valence-electron chi connectivity index (χ1n) is 6.26. The van der Waals surface area contributed by atoms with Crippen LogP contribution < -0.4 is 0 Å². The van der Waals surface area contributed by atoms with Gasteiger partial charge in [-0.05, 0) is 0 Å². The third-order valence-corrected chi connectivity index (χ3v) is 2.72. The van der Waals surface area contributed by atoms with Crippen molar-refractivity contribution in [1.29, 1.82) is 10.7 Å². The third-order valence-electron chi connectivity index (χ3n) is 2.72. The Hall–Kier alpha value is -2.95. The molecule has 0 bridgehead atoms. The molecule has 2 rings (SSSR count). The zero-order valence-electron chi connectivity index (χ0n) is 11.6. The van der Waals surface area contributed by atoms with E-state index >= 15 is 0 Å². The summed E-state index contributed by atoms with van der Waals surface area (Å²) in [5.74, 6) is 0.656. The molecular weight excluding hydrogens is 270 g/mol. The first-order valence-corrected chi connectivity index (χ1v) is 6.26. The average molecular weight is 283 g/mol. The van der Waals surface area contributed by atoms with Gasteiger partial charge in [0.2, 0.25) is 5.78 Å². The fraction of sp³-hybridized carbons (Fsp3) is 0.308. The maximum Gasteiger partial charge on any atom is 0.226 e.